The molecule has 0 aromatic heterocycles. The van der Waals surface area contributed by atoms with Crippen LogP contribution in [0.25, 0.3) is 0 Å². The molecule has 1 aromatic carbocycles. The van der Waals surface area contributed by atoms with Crippen molar-refractivity contribution < 1.29 is 8.42 Å². The van der Waals surface area contributed by atoms with Crippen molar-refractivity contribution in [3.8, 4) is 0 Å². The van der Waals surface area contributed by atoms with Gasteiger partial charge in [0.2, 0.25) is 10.0 Å². The van der Waals surface area contributed by atoms with Gasteiger partial charge in [-0.3, -0.25) is 0 Å². The van der Waals surface area contributed by atoms with Crippen LogP contribution in [0.1, 0.15) is 19.3 Å². The number of hydrogen-bond acceptors (Lipinski definition) is 3. The van der Waals surface area contributed by atoms with E-state index < -0.39 is 10.0 Å². The van der Waals surface area contributed by atoms with E-state index in [1.807, 2.05) is 0 Å². The van der Waals surface area contributed by atoms with Crippen LogP contribution in [0.15, 0.2) is 33.6 Å². The Morgan fingerprint density at radius 1 is 1.22 bits per heavy atom. The van der Waals surface area contributed by atoms with Crippen LogP contribution < -0.4 is 10.0 Å². The Labute approximate surface area is 116 Å². The molecule has 1 heterocycles. The van der Waals surface area contributed by atoms with Crippen LogP contribution in [-0.2, 0) is 10.0 Å². The molecule has 4 nitrogen and oxygen atoms in total. The lowest BCUT2D eigenvalue weighted by atomic mass is 10.1. The molecule has 100 valence electrons. The van der Waals surface area contributed by atoms with Crippen LogP contribution in [0, 0.1) is 0 Å². The van der Waals surface area contributed by atoms with Gasteiger partial charge in [-0.05, 0) is 60.4 Å². The highest BCUT2D eigenvalue weighted by Crippen LogP contribution is 2.22. The van der Waals surface area contributed by atoms with Crippen molar-refractivity contribution in [2.75, 3.05) is 13.1 Å². The van der Waals surface area contributed by atoms with Crippen LogP contribution in [-0.4, -0.2) is 27.5 Å². The lowest BCUT2D eigenvalue weighted by molar-refractivity contribution is 0.518. The van der Waals surface area contributed by atoms with Crippen LogP contribution in [0.5, 0.6) is 0 Å². The van der Waals surface area contributed by atoms with Gasteiger partial charge in [-0.15, -0.1) is 0 Å². The van der Waals surface area contributed by atoms with Gasteiger partial charge in [0.15, 0.2) is 0 Å². The Bertz CT molecular complexity index is 497. The Morgan fingerprint density at radius 3 is 2.78 bits per heavy atom. The first-order chi connectivity index (χ1) is 8.59. The molecule has 1 saturated heterocycles. The van der Waals surface area contributed by atoms with E-state index in [2.05, 4.69) is 26.0 Å². The average molecular weight is 333 g/mol. The van der Waals surface area contributed by atoms with Crippen molar-refractivity contribution in [2.45, 2.75) is 30.2 Å². The fourth-order valence-electron chi connectivity index (χ4n) is 2.08. The molecule has 1 fully saturated rings. The van der Waals surface area contributed by atoms with E-state index >= 15 is 0 Å². The van der Waals surface area contributed by atoms with E-state index in [1.165, 1.54) is 0 Å². The summed E-state index contributed by atoms with van der Waals surface area (Å²) >= 11 is 3.28. The van der Waals surface area contributed by atoms with E-state index in [9.17, 15) is 8.42 Å². The largest absolute Gasteiger partial charge is 0.317 e. The Hall–Kier alpha value is -0.430. The van der Waals surface area contributed by atoms with Gasteiger partial charge in [-0.2, -0.15) is 0 Å². The van der Waals surface area contributed by atoms with Crippen LogP contribution in [0.4, 0.5) is 0 Å². The second-order valence-electron chi connectivity index (χ2n) is 4.43. The topological polar surface area (TPSA) is 58.2 Å². The molecule has 0 spiro atoms. The third-order valence-electron chi connectivity index (χ3n) is 3.02. The summed E-state index contributed by atoms with van der Waals surface area (Å²) < 4.78 is 27.9. The zero-order valence-electron chi connectivity index (χ0n) is 10.0. The monoisotopic (exact) mass is 332 g/mol. The average Bonchev–Trinajstić information content (AvgIpc) is 2.57. The quantitative estimate of drug-likeness (QED) is 0.888. The molecule has 6 heteroatoms. The van der Waals surface area contributed by atoms with Gasteiger partial charge < -0.3 is 5.32 Å². The van der Waals surface area contributed by atoms with Gasteiger partial charge in [0, 0.05) is 10.5 Å². The first-order valence-corrected chi connectivity index (χ1v) is 8.35. The summed E-state index contributed by atoms with van der Waals surface area (Å²) in [5.41, 5.74) is 0. The highest BCUT2D eigenvalue weighted by Gasteiger charge is 2.22. The third-order valence-corrected chi connectivity index (χ3v) is 5.56. The van der Waals surface area contributed by atoms with Crippen molar-refractivity contribution in [3.63, 3.8) is 0 Å². The van der Waals surface area contributed by atoms with Gasteiger partial charge in [-0.1, -0.05) is 12.1 Å². The first-order valence-electron chi connectivity index (χ1n) is 6.07. The SMILES string of the molecule is O=S(=O)(NC1CCCNCC1)c1ccccc1Br. The Kier molecular flexibility index (Phi) is 4.77. The number of nitrogens with one attached hydrogen (secondary N) is 2. The van der Waals surface area contributed by atoms with Crippen molar-refractivity contribution in [2.24, 2.45) is 0 Å². The molecule has 1 aliphatic rings. The van der Waals surface area contributed by atoms with Crippen molar-refractivity contribution in [1.29, 1.82) is 0 Å². The lowest BCUT2D eigenvalue weighted by Crippen LogP contribution is -2.35. The molecular weight excluding hydrogens is 316 g/mol. The molecule has 0 radical (unpaired) electrons. The highest BCUT2D eigenvalue weighted by atomic mass is 79.9. The van der Waals surface area contributed by atoms with E-state index in [0.29, 0.717) is 9.37 Å². The molecule has 0 aliphatic carbocycles. The van der Waals surface area contributed by atoms with Crippen LogP contribution >= 0.6 is 15.9 Å². The van der Waals surface area contributed by atoms with E-state index in [0.717, 1.165) is 32.4 Å². The molecule has 0 amide bonds. The van der Waals surface area contributed by atoms with E-state index in [-0.39, 0.29) is 6.04 Å². The van der Waals surface area contributed by atoms with Crippen molar-refractivity contribution >= 4 is 26.0 Å². The minimum Gasteiger partial charge on any atom is -0.317 e. The number of sulfonamides is 1. The number of benzene rings is 1. The van der Waals surface area contributed by atoms with Gasteiger partial charge in [0.05, 0.1) is 4.90 Å². The molecule has 2 N–H and O–H groups in total. The van der Waals surface area contributed by atoms with Gasteiger partial charge in [0.25, 0.3) is 0 Å². The number of rotatable bonds is 3. The molecule has 1 aliphatic heterocycles. The molecule has 18 heavy (non-hydrogen) atoms. The Morgan fingerprint density at radius 2 is 2.00 bits per heavy atom. The summed E-state index contributed by atoms with van der Waals surface area (Å²) in [6.45, 7) is 1.83. The smallest absolute Gasteiger partial charge is 0.241 e. The van der Waals surface area contributed by atoms with Crippen molar-refractivity contribution in [1.82, 2.24) is 10.0 Å². The third kappa shape index (κ3) is 3.54. The van der Waals surface area contributed by atoms with Crippen LogP contribution in [0.2, 0.25) is 0 Å². The summed E-state index contributed by atoms with van der Waals surface area (Å²) in [7, 11) is -3.43. The fraction of sp³-hybridized carbons (Fsp3) is 0.500. The molecule has 1 atom stereocenters. The number of halogens is 1. The maximum Gasteiger partial charge on any atom is 0.241 e. The zero-order chi connectivity index (χ0) is 13.0. The summed E-state index contributed by atoms with van der Waals surface area (Å²) in [5.74, 6) is 0. The highest BCUT2D eigenvalue weighted by molar-refractivity contribution is 9.10. The van der Waals surface area contributed by atoms with E-state index in [1.54, 1.807) is 24.3 Å². The predicted molar refractivity (Wildman–Crippen MR) is 75.0 cm³/mol. The predicted octanol–water partition coefficient (Wildman–Crippen LogP) is 1.87. The van der Waals surface area contributed by atoms with Gasteiger partial charge in [-0.25, -0.2) is 13.1 Å². The van der Waals surface area contributed by atoms with Gasteiger partial charge in [0.1, 0.15) is 0 Å². The summed E-state index contributed by atoms with van der Waals surface area (Å²) in [6, 6.07) is 6.91. The van der Waals surface area contributed by atoms with E-state index in [4.69, 9.17) is 0 Å². The zero-order valence-corrected chi connectivity index (χ0v) is 12.4. The maximum absolute atomic E-state index is 12.3. The summed E-state index contributed by atoms with van der Waals surface area (Å²) in [6.07, 6.45) is 2.73. The molecule has 1 aromatic rings. The van der Waals surface area contributed by atoms with Gasteiger partial charge >= 0.3 is 0 Å². The van der Waals surface area contributed by atoms with Crippen molar-refractivity contribution in [3.05, 3.63) is 28.7 Å². The maximum atomic E-state index is 12.3. The second-order valence-corrected chi connectivity index (χ2v) is 6.97. The second kappa shape index (κ2) is 6.14. The first kappa shape index (κ1) is 14.0. The molecular formula is C12H17BrN2O2S. The minimum atomic E-state index is -3.43. The standard InChI is InChI=1S/C12H17BrN2O2S/c13-11-5-1-2-6-12(11)18(16,17)15-10-4-3-8-14-9-7-10/h1-2,5-6,10,14-15H,3-4,7-9H2. The molecule has 0 saturated carbocycles. The fourth-order valence-corrected chi connectivity index (χ4v) is 4.39. The Balaban J connectivity index is 2.14. The number of hydrogen-bond donors (Lipinski definition) is 2. The lowest BCUT2D eigenvalue weighted by Gasteiger charge is -2.16. The minimum absolute atomic E-state index is 0.0251. The molecule has 2 rings (SSSR count). The summed E-state index contributed by atoms with van der Waals surface area (Å²) in [4.78, 5) is 0.308. The summed E-state index contributed by atoms with van der Waals surface area (Å²) in [5, 5.41) is 3.27. The van der Waals surface area contributed by atoms with Crippen LogP contribution in [0.3, 0.4) is 0 Å². The molecule has 1 unspecified atom stereocenters. The normalized spacial score (nSPS) is 21.5. The molecule has 0 bridgehead atoms.